The van der Waals surface area contributed by atoms with Crippen LogP contribution in [0.3, 0.4) is 0 Å². The summed E-state index contributed by atoms with van der Waals surface area (Å²) < 4.78 is 31.6. The number of hydrogen-bond donors (Lipinski definition) is 1. The van der Waals surface area contributed by atoms with Crippen LogP contribution in [0.2, 0.25) is 0 Å². The van der Waals surface area contributed by atoms with E-state index in [0.717, 1.165) is 24.3 Å². The van der Waals surface area contributed by atoms with Gasteiger partial charge in [0, 0.05) is 26.6 Å². The van der Waals surface area contributed by atoms with Crippen LogP contribution in [0, 0.1) is 10.1 Å². The van der Waals surface area contributed by atoms with Crippen LogP contribution in [0.4, 0.5) is 5.69 Å². The van der Waals surface area contributed by atoms with Gasteiger partial charge in [0.2, 0.25) is 0 Å². The molecule has 1 amide bonds. The third-order valence-electron chi connectivity index (χ3n) is 4.00. The van der Waals surface area contributed by atoms with Gasteiger partial charge in [-0.25, -0.2) is 5.43 Å². The number of benzene rings is 3. The van der Waals surface area contributed by atoms with Gasteiger partial charge in [-0.1, -0.05) is 28.1 Å². The van der Waals surface area contributed by atoms with E-state index in [4.69, 9.17) is 4.18 Å². The van der Waals surface area contributed by atoms with Crippen molar-refractivity contribution in [2.24, 2.45) is 5.10 Å². The molecule has 0 heterocycles. The summed E-state index contributed by atoms with van der Waals surface area (Å²) in [6.07, 6.45) is 1.24. The van der Waals surface area contributed by atoms with Crippen molar-refractivity contribution in [3.8, 4) is 5.75 Å². The van der Waals surface area contributed by atoms with Crippen LogP contribution in [-0.4, -0.2) is 25.5 Å². The predicted molar refractivity (Wildman–Crippen MR) is 124 cm³/mol. The molecule has 12 heteroatoms. The van der Waals surface area contributed by atoms with Gasteiger partial charge in [-0.2, -0.15) is 13.5 Å². The number of carbonyl (C=O) groups is 1. The number of nitrogens with one attached hydrogen (secondary N) is 1. The van der Waals surface area contributed by atoms with Gasteiger partial charge >= 0.3 is 10.1 Å². The van der Waals surface area contributed by atoms with Crippen molar-refractivity contribution in [3.63, 3.8) is 0 Å². The summed E-state index contributed by atoms with van der Waals surface area (Å²) in [5, 5.41) is 14.6. The molecule has 0 aliphatic rings. The molecule has 0 aromatic heterocycles. The molecular formula is C20H13Br2N3O6S. The number of non-ortho nitro benzene ring substituents is 1. The summed E-state index contributed by atoms with van der Waals surface area (Å²) in [6, 6.07) is 15.6. The van der Waals surface area contributed by atoms with Crippen molar-refractivity contribution in [3.05, 3.63) is 96.9 Å². The SMILES string of the molecule is O=C(N/N=C/c1cc(Br)ccc1OS(=O)(=O)c1ccc([N+](=O)[O-])cc1)c1ccccc1Br. The maximum absolute atomic E-state index is 12.6. The van der Waals surface area contributed by atoms with Gasteiger partial charge in [0.15, 0.2) is 5.75 Å². The molecule has 0 fully saturated rings. The first kappa shape index (κ1) is 23.6. The fourth-order valence-electron chi connectivity index (χ4n) is 2.46. The Bertz CT molecular complexity index is 1310. The van der Waals surface area contributed by atoms with Gasteiger partial charge in [-0.15, -0.1) is 0 Å². The number of carbonyl (C=O) groups excluding carboxylic acids is 1. The highest BCUT2D eigenvalue weighted by atomic mass is 79.9. The molecule has 0 atom stereocenters. The number of amides is 1. The molecule has 1 N–H and O–H groups in total. The van der Waals surface area contributed by atoms with Crippen LogP contribution < -0.4 is 9.61 Å². The zero-order valence-corrected chi connectivity index (χ0v) is 19.9. The molecule has 32 heavy (non-hydrogen) atoms. The van der Waals surface area contributed by atoms with Crippen molar-refractivity contribution >= 4 is 59.8 Å². The Balaban J connectivity index is 1.81. The molecule has 0 aliphatic heterocycles. The first-order valence-corrected chi connectivity index (χ1v) is 11.7. The number of nitrogens with zero attached hydrogens (tertiary/aromatic N) is 2. The Kier molecular flexibility index (Phi) is 7.38. The highest BCUT2D eigenvalue weighted by Gasteiger charge is 2.20. The van der Waals surface area contributed by atoms with Crippen molar-refractivity contribution in [2.45, 2.75) is 4.90 Å². The van der Waals surface area contributed by atoms with Gasteiger partial charge in [0.25, 0.3) is 11.6 Å². The van der Waals surface area contributed by atoms with Crippen LogP contribution >= 0.6 is 31.9 Å². The monoisotopic (exact) mass is 581 g/mol. The maximum atomic E-state index is 12.6. The van der Waals surface area contributed by atoms with Crippen molar-refractivity contribution < 1.29 is 22.3 Å². The molecular weight excluding hydrogens is 570 g/mol. The zero-order chi connectivity index (χ0) is 23.3. The van der Waals surface area contributed by atoms with Crippen LogP contribution in [0.15, 0.2) is 85.7 Å². The van der Waals surface area contributed by atoms with E-state index >= 15 is 0 Å². The minimum absolute atomic E-state index is 0.0505. The Morgan fingerprint density at radius 3 is 2.41 bits per heavy atom. The summed E-state index contributed by atoms with van der Waals surface area (Å²) in [6.45, 7) is 0. The average molecular weight is 583 g/mol. The average Bonchev–Trinajstić information content (AvgIpc) is 2.75. The van der Waals surface area contributed by atoms with Gasteiger partial charge in [0.05, 0.1) is 16.7 Å². The van der Waals surface area contributed by atoms with E-state index < -0.39 is 20.9 Å². The lowest BCUT2D eigenvalue weighted by Crippen LogP contribution is -2.18. The third-order valence-corrected chi connectivity index (χ3v) is 6.43. The van der Waals surface area contributed by atoms with E-state index in [1.807, 2.05) is 0 Å². The van der Waals surface area contributed by atoms with Gasteiger partial charge in [-0.3, -0.25) is 14.9 Å². The summed E-state index contributed by atoms with van der Waals surface area (Å²) in [5.74, 6) is -0.518. The van der Waals surface area contributed by atoms with E-state index in [-0.39, 0.29) is 21.9 Å². The van der Waals surface area contributed by atoms with Crippen molar-refractivity contribution in [1.82, 2.24) is 5.43 Å². The third kappa shape index (κ3) is 5.78. The smallest absolute Gasteiger partial charge is 0.339 e. The standard InChI is InChI=1S/C20H13Br2N3O6S/c21-14-5-10-19(31-32(29,30)16-8-6-15(7-9-16)25(27)28)13(11-14)12-23-24-20(26)17-3-1-2-4-18(17)22/h1-12H,(H,24,26)/b23-12+. The first-order valence-electron chi connectivity index (χ1n) is 8.74. The lowest BCUT2D eigenvalue weighted by atomic mass is 10.2. The summed E-state index contributed by atoms with van der Waals surface area (Å²) in [7, 11) is -4.27. The zero-order valence-electron chi connectivity index (χ0n) is 15.9. The lowest BCUT2D eigenvalue weighted by molar-refractivity contribution is -0.384. The van der Waals surface area contributed by atoms with Gasteiger partial charge < -0.3 is 4.18 Å². The van der Waals surface area contributed by atoms with Gasteiger partial charge in [-0.05, 0) is 58.4 Å². The van der Waals surface area contributed by atoms with E-state index in [1.165, 1.54) is 12.3 Å². The second-order valence-corrected chi connectivity index (χ2v) is 9.47. The van der Waals surface area contributed by atoms with Gasteiger partial charge in [0.1, 0.15) is 4.90 Å². The van der Waals surface area contributed by atoms with E-state index in [1.54, 1.807) is 36.4 Å². The van der Waals surface area contributed by atoms with E-state index in [9.17, 15) is 23.3 Å². The van der Waals surface area contributed by atoms with E-state index in [0.29, 0.717) is 14.5 Å². The molecule has 164 valence electrons. The lowest BCUT2D eigenvalue weighted by Gasteiger charge is -2.10. The predicted octanol–water partition coefficient (Wildman–Crippen LogP) is 4.65. The molecule has 0 spiro atoms. The topological polar surface area (TPSA) is 128 Å². The molecule has 3 aromatic carbocycles. The molecule has 3 rings (SSSR count). The molecule has 3 aromatic rings. The molecule has 0 saturated carbocycles. The second-order valence-electron chi connectivity index (χ2n) is 6.15. The number of hydrogen-bond acceptors (Lipinski definition) is 7. The molecule has 0 aliphatic carbocycles. The Morgan fingerprint density at radius 2 is 1.75 bits per heavy atom. The minimum atomic E-state index is -4.27. The highest BCUT2D eigenvalue weighted by Crippen LogP contribution is 2.26. The van der Waals surface area contributed by atoms with Crippen LogP contribution in [0.5, 0.6) is 5.75 Å². The molecule has 0 saturated heterocycles. The van der Waals surface area contributed by atoms with Crippen molar-refractivity contribution in [2.75, 3.05) is 0 Å². The number of rotatable bonds is 7. The fourth-order valence-corrected chi connectivity index (χ4v) is 4.26. The molecule has 9 nitrogen and oxygen atoms in total. The summed E-state index contributed by atoms with van der Waals surface area (Å²) in [5.41, 5.74) is 2.75. The number of nitro groups is 1. The van der Waals surface area contributed by atoms with Crippen LogP contribution in [0.1, 0.15) is 15.9 Å². The molecule has 0 radical (unpaired) electrons. The minimum Gasteiger partial charge on any atom is -0.378 e. The first-order chi connectivity index (χ1) is 15.2. The van der Waals surface area contributed by atoms with Crippen molar-refractivity contribution in [1.29, 1.82) is 0 Å². The quantitative estimate of drug-likeness (QED) is 0.187. The highest BCUT2D eigenvalue weighted by molar-refractivity contribution is 9.10. The normalized spacial score (nSPS) is 11.3. The number of halogens is 2. The maximum Gasteiger partial charge on any atom is 0.339 e. The van der Waals surface area contributed by atoms with E-state index in [2.05, 4.69) is 42.4 Å². The molecule has 0 unspecified atom stereocenters. The summed E-state index contributed by atoms with van der Waals surface area (Å²) in [4.78, 5) is 22.1. The van der Waals surface area contributed by atoms with Crippen LogP contribution in [-0.2, 0) is 10.1 Å². The largest absolute Gasteiger partial charge is 0.378 e. The summed E-state index contributed by atoms with van der Waals surface area (Å²) >= 11 is 6.56. The second kappa shape index (κ2) is 10.0. The van der Waals surface area contributed by atoms with Crippen LogP contribution in [0.25, 0.3) is 0 Å². The number of nitro benzene ring substituents is 1. The number of hydrazone groups is 1. The fraction of sp³-hybridized carbons (Fsp3) is 0. The Labute approximate surface area is 199 Å². The Hall–Kier alpha value is -3.09. The Morgan fingerprint density at radius 1 is 1.06 bits per heavy atom. The molecule has 0 bridgehead atoms.